The topological polar surface area (TPSA) is 26.0 Å². The summed E-state index contributed by atoms with van der Waals surface area (Å²) in [5.74, 6) is 0. The first kappa shape index (κ1) is 12.3. The number of benzene rings is 2. The minimum Gasteiger partial charge on any atom is -0.398 e. The monoisotopic (exact) mass is 263 g/mol. The molecule has 2 rings (SSSR count). The Morgan fingerprint density at radius 1 is 1.06 bits per heavy atom. The normalized spacial score (nSPS) is 10.5. The van der Waals surface area contributed by atoms with E-state index in [2.05, 4.69) is 19.1 Å². The Morgan fingerprint density at radius 3 is 2.35 bits per heavy atom. The average molecular weight is 264 g/mol. The first-order valence-electron chi connectivity index (χ1n) is 5.36. The van der Waals surface area contributed by atoms with E-state index < -0.39 is 0 Å². The zero-order valence-corrected chi connectivity index (χ0v) is 11.4. The van der Waals surface area contributed by atoms with Gasteiger partial charge in [0.05, 0.1) is 0 Å². The Morgan fingerprint density at radius 2 is 1.71 bits per heavy atom. The lowest BCUT2D eigenvalue weighted by molar-refractivity contribution is 1.29. The molecule has 3 heteroatoms. The average Bonchev–Trinajstić information content (AvgIpc) is 2.28. The third kappa shape index (κ3) is 2.96. The molecule has 0 atom stereocenters. The van der Waals surface area contributed by atoms with Gasteiger partial charge in [0.1, 0.15) is 0 Å². The van der Waals surface area contributed by atoms with Gasteiger partial charge in [-0.3, -0.25) is 0 Å². The van der Waals surface area contributed by atoms with Gasteiger partial charge in [-0.15, -0.1) is 0 Å². The zero-order valence-electron chi connectivity index (χ0n) is 9.83. The Hall–Kier alpha value is -1.12. The van der Waals surface area contributed by atoms with Crippen LogP contribution >= 0.6 is 23.4 Å². The van der Waals surface area contributed by atoms with Gasteiger partial charge in [-0.1, -0.05) is 29.4 Å². The number of nitrogens with two attached hydrogens (primary N) is 1. The number of aryl methyl sites for hydroxylation is 2. The van der Waals surface area contributed by atoms with E-state index in [4.69, 9.17) is 17.3 Å². The molecule has 2 N–H and O–H groups in total. The predicted octanol–water partition coefficient (Wildman–Crippen LogP) is 4.69. The fourth-order valence-corrected chi connectivity index (χ4v) is 2.82. The number of hydrogen-bond donors (Lipinski definition) is 1. The Labute approximate surface area is 111 Å². The van der Waals surface area contributed by atoms with E-state index in [0.29, 0.717) is 0 Å². The molecule has 0 spiro atoms. The van der Waals surface area contributed by atoms with Gasteiger partial charge in [-0.25, -0.2) is 0 Å². The van der Waals surface area contributed by atoms with Crippen molar-refractivity contribution in [3.05, 3.63) is 52.5 Å². The lowest BCUT2D eigenvalue weighted by Gasteiger charge is -2.09. The third-order valence-corrected chi connectivity index (χ3v) is 3.85. The maximum Gasteiger partial charge on any atom is 0.0485 e. The summed E-state index contributed by atoms with van der Waals surface area (Å²) in [6.07, 6.45) is 0. The molecule has 17 heavy (non-hydrogen) atoms. The molecule has 0 aliphatic rings. The molecular formula is C14H14ClNS. The molecule has 88 valence electrons. The van der Waals surface area contributed by atoms with Crippen LogP contribution in [0.1, 0.15) is 11.1 Å². The maximum atomic E-state index is 6.08. The minimum atomic E-state index is 0.753. The largest absolute Gasteiger partial charge is 0.398 e. The summed E-state index contributed by atoms with van der Waals surface area (Å²) in [6.45, 7) is 4.12. The van der Waals surface area contributed by atoms with Gasteiger partial charge in [-0.05, 0) is 55.3 Å². The summed E-state index contributed by atoms with van der Waals surface area (Å²) >= 11 is 7.53. The molecule has 0 bridgehead atoms. The second-order valence-corrected chi connectivity index (χ2v) is 5.60. The van der Waals surface area contributed by atoms with Crippen LogP contribution in [-0.2, 0) is 0 Å². The van der Waals surface area contributed by atoms with Gasteiger partial charge in [0, 0.05) is 20.5 Å². The summed E-state index contributed by atoms with van der Waals surface area (Å²) in [4.78, 5) is 2.25. The summed E-state index contributed by atoms with van der Waals surface area (Å²) in [7, 11) is 0. The zero-order chi connectivity index (χ0) is 12.4. The van der Waals surface area contributed by atoms with Crippen LogP contribution < -0.4 is 5.73 Å². The third-order valence-electron chi connectivity index (χ3n) is 2.53. The maximum absolute atomic E-state index is 6.08. The summed E-state index contributed by atoms with van der Waals surface area (Å²) < 4.78 is 0. The molecule has 0 aromatic heterocycles. The number of anilines is 1. The number of nitrogen functional groups attached to an aromatic ring is 1. The Kier molecular flexibility index (Phi) is 3.65. The molecule has 0 fully saturated rings. The van der Waals surface area contributed by atoms with Crippen molar-refractivity contribution in [1.82, 2.24) is 0 Å². The quantitative estimate of drug-likeness (QED) is 0.796. The molecule has 0 heterocycles. The van der Waals surface area contributed by atoms with E-state index in [0.717, 1.165) is 26.1 Å². The van der Waals surface area contributed by atoms with Crippen molar-refractivity contribution >= 4 is 29.1 Å². The van der Waals surface area contributed by atoms with Crippen molar-refractivity contribution in [3.63, 3.8) is 0 Å². The van der Waals surface area contributed by atoms with Gasteiger partial charge in [0.15, 0.2) is 0 Å². The highest BCUT2D eigenvalue weighted by atomic mass is 35.5. The first-order chi connectivity index (χ1) is 8.06. The summed E-state index contributed by atoms with van der Waals surface area (Å²) in [6, 6.07) is 12.0. The van der Waals surface area contributed by atoms with Crippen molar-refractivity contribution < 1.29 is 0 Å². The van der Waals surface area contributed by atoms with E-state index in [-0.39, 0.29) is 0 Å². The molecule has 2 aromatic rings. The van der Waals surface area contributed by atoms with Crippen LogP contribution in [0, 0.1) is 13.8 Å². The lowest BCUT2D eigenvalue weighted by Crippen LogP contribution is -1.93. The molecule has 0 saturated carbocycles. The van der Waals surface area contributed by atoms with Crippen molar-refractivity contribution in [2.24, 2.45) is 0 Å². The van der Waals surface area contributed by atoms with Crippen LogP contribution in [0.25, 0.3) is 0 Å². The summed E-state index contributed by atoms with van der Waals surface area (Å²) in [5.41, 5.74) is 9.30. The Balaban J connectivity index is 2.32. The van der Waals surface area contributed by atoms with Crippen molar-refractivity contribution in [1.29, 1.82) is 0 Å². The van der Waals surface area contributed by atoms with Gasteiger partial charge in [0.2, 0.25) is 0 Å². The Bertz CT molecular complexity index is 535. The fourth-order valence-electron chi connectivity index (χ4n) is 1.65. The van der Waals surface area contributed by atoms with E-state index in [9.17, 15) is 0 Å². The molecule has 1 nitrogen and oxygen atoms in total. The molecule has 0 aliphatic carbocycles. The van der Waals surface area contributed by atoms with E-state index >= 15 is 0 Å². The van der Waals surface area contributed by atoms with Crippen molar-refractivity contribution in [2.45, 2.75) is 23.6 Å². The molecule has 0 radical (unpaired) electrons. The molecule has 0 amide bonds. The highest BCUT2D eigenvalue weighted by Gasteiger charge is 2.05. The smallest absolute Gasteiger partial charge is 0.0485 e. The fraction of sp³-hybridized carbons (Fsp3) is 0.143. The number of halogens is 1. The van der Waals surface area contributed by atoms with Crippen LogP contribution in [0.4, 0.5) is 5.69 Å². The van der Waals surface area contributed by atoms with Crippen molar-refractivity contribution in [2.75, 3.05) is 5.73 Å². The van der Waals surface area contributed by atoms with E-state index in [1.807, 2.05) is 31.2 Å². The first-order valence-corrected chi connectivity index (χ1v) is 6.56. The molecule has 2 aromatic carbocycles. The lowest BCUT2D eigenvalue weighted by atomic mass is 10.1. The second-order valence-electron chi connectivity index (χ2n) is 4.05. The second kappa shape index (κ2) is 5.03. The molecule has 0 aliphatic heterocycles. The predicted molar refractivity (Wildman–Crippen MR) is 75.9 cm³/mol. The van der Waals surface area contributed by atoms with Crippen LogP contribution in [0.2, 0.25) is 5.02 Å². The highest BCUT2D eigenvalue weighted by Crippen LogP contribution is 2.34. The van der Waals surface area contributed by atoms with Gasteiger partial charge >= 0.3 is 0 Å². The van der Waals surface area contributed by atoms with Crippen LogP contribution in [-0.4, -0.2) is 0 Å². The van der Waals surface area contributed by atoms with E-state index in [1.54, 1.807) is 11.8 Å². The van der Waals surface area contributed by atoms with Crippen LogP contribution in [0.3, 0.4) is 0 Å². The van der Waals surface area contributed by atoms with Gasteiger partial charge in [0.25, 0.3) is 0 Å². The SMILES string of the molecule is Cc1cc(C)c(N)c(Sc2ccc(Cl)cc2)c1. The standard InChI is InChI=1S/C14H14ClNS/c1-9-7-10(2)14(16)13(8-9)17-12-5-3-11(15)4-6-12/h3-8H,16H2,1-2H3. The molecule has 0 unspecified atom stereocenters. The number of rotatable bonds is 2. The van der Waals surface area contributed by atoms with E-state index in [1.165, 1.54) is 5.56 Å². The van der Waals surface area contributed by atoms with Gasteiger partial charge in [-0.2, -0.15) is 0 Å². The van der Waals surface area contributed by atoms with Gasteiger partial charge < -0.3 is 5.73 Å². The molecule has 0 saturated heterocycles. The number of hydrogen-bond acceptors (Lipinski definition) is 2. The summed E-state index contributed by atoms with van der Waals surface area (Å²) in [5, 5.41) is 0.753. The minimum absolute atomic E-state index is 0.753. The molecular weight excluding hydrogens is 250 g/mol. The van der Waals surface area contributed by atoms with Crippen molar-refractivity contribution in [3.8, 4) is 0 Å². The van der Waals surface area contributed by atoms with Crippen LogP contribution in [0.15, 0.2) is 46.2 Å². The van der Waals surface area contributed by atoms with Crippen LogP contribution in [0.5, 0.6) is 0 Å². The highest BCUT2D eigenvalue weighted by molar-refractivity contribution is 7.99.